The lowest BCUT2D eigenvalue weighted by atomic mass is 9.90. The number of rotatable bonds is 6. The fourth-order valence-corrected chi connectivity index (χ4v) is 2.26. The van der Waals surface area contributed by atoms with E-state index in [0.29, 0.717) is 19.0 Å². The highest BCUT2D eigenvalue weighted by Crippen LogP contribution is 2.19. The monoisotopic (exact) mass is 405 g/mol. The van der Waals surface area contributed by atoms with E-state index in [2.05, 4.69) is 15.6 Å². The molecule has 0 aromatic heterocycles. The highest BCUT2D eigenvalue weighted by Gasteiger charge is 2.20. The number of hydrogen-bond donors (Lipinski definition) is 2. The van der Waals surface area contributed by atoms with Crippen molar-refractivity contribution >= 4 is 39.8 Å². The van der Waals surface area contributed by atoms with Crippen molar-refractivity contribution in [3.05, 3.63) is 0 Å². The maximum Gasteiger partial charge on any atom is 0.191 e. The van der Waals surface area contributed by atoms with Crippen LogP contribution in [-0.4, -0.2) is 46.0 Å². The Morgan fingerprint density at radius 1 is 1.32 bits per heavy atom. The molecule has 2 N–H and O–H groups in total. The molecule has 0 atom stereocenters. The van der Waals surface area contributed by atoms with Gasteiger partial charge in [-0.15, -0.1) is 24.0 Å². The smallest absolute Gasteiger partial charge is 0.191 e. The molecule has 7 heteroatoms. The third-order valence-corrected chi connectivity index (χ3v) is 3.48. The Morgan fingerprint density at radius 2 is 1.84 bits per heavy atom. The van der Waals surface area contributed by atoms with Crippen LogP contribution in [0.15, 0.2) is 4.99 Å². The molecule has 0 heterocycles. The Balaban J connectivity index is 0. The van der Waals surface area contributed by atoms with Crippen LogP contribution in [0, 0.1) is 5.41 Å². The molecule has 0 rings (SSSR count). The van der Waals surface area contributed by atoms with E-state index >= 15 is 0 Å². The van der Waals surface area contributed by atoms with Gasteiger partial charge in [0.15, 0.2) is 5.96 Å². The molecule has 0 unspecified atom stereocenters. The summed E-state index contributed by atoms with van der Waals surface area (Å²) >= 11 is 0. The first-order valence-corrected chi connectivity index (χ1v) is 8.27. The fraction of sp³-hybridized carbons (Fsp3) is 0.917. The van der Waals surface area contributed by atoms with Gasteiger partial charge >= 0.3 is 0 Å². The van der Waals surface area contributed by atoms with Crippen molar-refractivity contribution in [1.29, 1.82) is 0 Å². The summed E-state index contributed by atoms with van der Waals surface area (Å²) < 4.78 is 22.3. The molecule has 0 aliphatic rings. The molecular formula is C12H28IN3O2S. The second-order valence-corrected chi connectivity index (χ2v) is 8.03. The van der Waals surface area contributed by atoms with Crippen molar-refractivity contribution in [1.82, 2.24) is 10.6 Å². The van der Waals surface area contributed by atoms with Crippen LogP contribution in [0.4, 0.5) is 0 Å². The molecule has 0 bridgehead atoms. The summed E-state index contributed by atoms with van der Waals surface area (Å²) in [5.74, 6) is 0.968. The van der Waals surface area contributed by atoms with Crippen LogP contribution in [0.25, 0.3) is 0 Å². The standard InChI is InChI=1S/C12H27N3O2S.HI/c1-10(2)15-11(13-5)14-9-12(3,4)7-8-18(6,16)17;/h10H,7-9H2,1-6H3,(H2,13,14,15);1H. The van der Waals surface area contributed by atoms with Gasteiger partial charge in [0.25, 0.3) is 0 Å². The topological polar surface area (TPSA) is 70.6 Å². The summed E-state index contributed by atoms with van der Waals surface area (Å²) in [5, 5.41) is 6.42. The Labute approximate surface area is 135 Å². The molecule has 0 radical (unpaired) electrons. The first-order valence-electron chi connectivity index (χ1n) is 6.21. The van der Waals surface area contributed by atoms with E-state index in [9.17, 15) is 8.42 Å². The van der Waals surface area contributed by atoms with Gasteiger partial charge in [-0.05, 0) is 25.7 Å². The van der Waals surface area contributed by atoms with Gasteiger partial charge in [0.2, 0.25) is 0 Å². The van der Waals surface area contributed by atoms with Crippen LogP contribution >= 0.6 is 24.0 Å². The average Bonchev–Trinajstić information content (AvgIpc) is 2.20. The molecule has 5 nitrogen and oxygen atoms in total. The molecule has 0 amide bonds. The van der Waals surface area contributed by atoms with E-state index in [1.54, 1.807) is 7.05 Å². The van der Waals surface area contributed by atoms with Crippen LogP contribution in [0.2, 0.25) is 0 Å². The Bertz CT molecular complexity index is 378. The normalized spacial score (nSPS) is 13.1. The van der Waals surface area contributed by atoms with E-state index in [4.69, 9.17) is 0 Å². The molecule has 19 heavy (non-hydrogen) atoms. The lowest BCUT2D eigenvalue weighted by Crippen LogP contribution is -2.44. The molecule has 0 aromatic rings. The summed E-state index contributed by atoms with van der Waals surface area (Å²) in [6.45, 7) is 8.87. The molecule has 0 aromatic carbocycles. The number of guanidine groups is 1. The van der Waals surface area contributed by atoms with Crippen LogP contribution in [0.3, 0.4) is 0 Å². The number of nitrogens with zero attached hydrogens (tertiary/aromatic N) is 1. The predicted octanol–water partition coefficient (Wildman–Crippen LogP) is 1.64. The Hall–Kier alpha value is -0.0500. The molecule has 0 fully saturated rings. The molecule has 0 spiro atoms. The van der Waals surface area contributed by atoms with Gasteiger partial charge in [0, 0.05) is 25.9 Å². The number of nitrogens with one attached hydrogen (secondary N) is 2. The minimum absolute atomic E-state index is 0. The predicted molar refractivity (Wildman–Crippen MR) is 93.2 cm³/mol. The van der Waals surface area contributed by atoms with E-state index in [1.807, 2.05) is 27.7 Å². The van der Waals surface area contributed by atoms with E-state index < -0.39 is 9.84 Å². The van der Waals surface area contributed by atoms with Crippen molar-refractivity contribution in [3.63, 3.8) is 0 Å². The van der Waals surface area contributed by atoms with Gasteiger partial charge in [-0.1, -0.05) is 13.8 Å². The first-order chi connectivity index (χ1) is 8.06. The number of halogens is 1. The quantitative estimate of drug-likeness (QED) is 0.401. The number of hydrogen-bond acceptors (Lipinski definition) is 3. The highest BCUT2D eigenvalue weighted by molar-refractivity contribution is 14.0. The van der Waals surface area contributed by atoms with E-state index in [0.717, 1.165) is 5.96 Å². The van der Waals surface area contributed by atoms with Crippen molar-refractivity contribution in [2.45, 2.75) is 40.2 Å². The van der Waals surface area contributed by atoms with E-state index in [1.165, 1.54) is 6.26 Å². The number of sulfone groups is 1. The zero-order valence-electron chi connectivity index (χ0n) is 12.8. The summed E-state index contributed by atoms with van der Waals surface area (Å²) in [5.41, 5.74) is -0.0856. The average molecular weight is 405 g/mol. The van der Waals surface area contributed by atoms with Gasteiger partial charge in [-0.3, -0.25) is 4.99 Å². The van der Waals surface area contributed by atoms with Crippen molar-refractivity contribution in [2.75, 3.05) is 25.6 Å². The molecule has 0 saturated heterocycles. The maximum absolute atomic E-state index is 11.2. The highest BCUT2D eigenvalue weighted by atomic mass is 127. The second kappa shape index (κ2) is 8.99. The molecule has 0 aliphatic carbocycles. The molecular weight excluding hydrogens is 377 g/mol. The first kappa shape index (κ1) is 21.3. The molecule has 116 valence electrons. The van der Waals surface area contributed by atoms with Gasteiger partial charge in [0.1, 0.15) is 9.84 Å². The van der Waals surface area contributed by atoms with Crippen LogP contribution in [0.1, 0.15) is 34.1 Å². The summed E-state index contributed by atoms with van der Waals surface area (Å²) in [6.07, 6.45) is 1.91. The van der Waals surface area contributed by atoms with Crippen LogP contribution in [-0.2, 0) is 9.84 Å². The second-order valence-electron chi connectivity index (χ2n) is 5.77. The van der Waals surface area contributed by atoms with Crippen LogP contribution < -0.4 is 10.6 Å². The van der Waals surface area contributed by atoms with Crippen LogP contribution in [0.5, 0.6) is 0 Å². The van der Waals surface area contributed by atoms with Gasteiger partial charge in [0.05, 0.1) is 5.75 Å². The Kier molecular flexibility index (Phi) is 10.1. The van der Waals surface area contributed by atoms with Crippen molar-refractivity contribution < 1.29 is 8.42 Å². The lowest BCUT2D eigenvalue weighted by molar-refractivity contribution is 0.348. The zero-order valence-corrected chi connectivity index (χ0v) is 15.9. The van der Waals surface area contributed by atoms with Crippen molar-refractivity contribution in [3.8, 4) is 0 Å². The summed E-state index contributed by atoms with van der Waals surface area (Å²) in [4.78, 5) is 4.12. The largest absolute Gasteiger partial charge is 0.356 e. The third kappa shape index (κ3) is 12.7. The third-order valence-electron chi connectivity index (χ3n) is 2.53. The van der Waals surface area contributed by atoms with Crippen molar-refractivity contribution in [2.24, 2.45) is 10.4 Å². The number of aliphatic imine (C=N–C) groups is 1. The maximum atomic E-state index is 11.2. The summed E-state index contributed by atoms with van der Waals surface area (Å²) in [7, 11) is -1.17. The minimum Gasteiger partial charge on any atom is -0.356 e. The van der Waals surface area contributed by atoms with Gasteiger partial charge in [-0.2, -0.15) is 0 Å². The summed E-state index contributed by atoms with van der Waals surface area (Å²) in [6, 6.07) is 0.315. The fourth-order valence-electron chi connectivity index (χ4n) is 1.34. The molecule has 0 aliphatic heterocycles. The lowest BCUT2D eigenvalue weighted by Gasteiger charge is -2.26. The Morgan fingerprint density at radius 3 is 2.21 bits per heavy atom. The van der Waals surface area contributed by atoms with E-state index in [-0.39, 0.29) is 35.1 Å². The van der Waals surface area contributed by atoms with Gasteiger partial charge in [-0.25, -0.2) is 8.42 Å². The molecule has 0 saturated carbocycles. The van der Waals surface area contributed by atoms with Gasteiger partial charge < -0.3 is 10.6 Å². The minimum atomic E-state index is -2.89. The zero-order chi connectivity index (χ0) is 14.4. The SMILES string of the molecule is CN=C(NCC(C)(C)CCS(C)(=O)=O)NC(C)C.I.